The van der Waals surface area contributed by atoms with Crippen molar-refractivity contribution in [2.24, 2.45) is 5.92 Å². The molecule has 0 aromatic carbocycles. The van der Waals surface area contributed by atoms with E-state index in [0.29, 0.717) is 0 Å². The van der Waals surface area contributed by atoms with Crippen molar-refractivity contribution in [2.45, 2.75) is 38.3 Å². The first-order valence-corrected chi connectivity index (χ1v) is 5.49. The summed E-state index contributed by atoms with van der Waals surface area (Å²) in [6.07, 6.45) is -2.65. The SMILES string of the molecule is CC1CCCNC1C(=O)NCC(O)C(F)F. The van der Waals surface area contributed by atoms with E-state index < -0.39 is 19.1 Å². The predicted molar refractivity (Wildman–Crippen MR) is 55.2 cm³/mol. The Kier molecular flexibility index (Phi) is 5.08. The molecular weight excluding hydrogens is 218 g/mol. The van der Waals surface area contributed by atoms with E-state index in [1.165, 1.54) is 0 Å². The van der Waals surface area contributed by atoms with E-state index in [-0.39, 0.29) is 17.9 Å². The highest BCUT2D eigenvalue weighted by Crippen LogP contribution is 2.15. The molecule has 3 atom stereocenters. The summed E-state index contributed by atoms with van der Waals surface area (Å²) >= 11 is 0. The average Bonchev–Trinajstić information content (AvgIpc) is 2.25. The van der Waals surface area contributed by atoms with Gasteiger partial charge in [-0.05, 0) is 25.3 Å². The molecule has 1 saturated heterocycles. The fourth-order valence-corrected chi connectivity index (χ4v) is 1.80. The number of piperidine rings is 1. The van der Waals surface area contributed by atoms with Crippen LogP contribution >= 0.6 is 0 Å². The molecule has 0 radical (unpaired) electrons. The minimum atomic E-state index is -2.82. The maximum absolute atomic E-state index is 12.0. The van der Waals surface area contributed by atoms with Gasteiger partial charge >= 0.3 is 0 Å². The summed E-state index contributed by atoms with van der Waals surface area (Å²) in [6.45, 7) is 2.31. The highest BCUT2D eigenvalue weighted by Gasteiger charge is 2.28. The summed E-state index contributed by atoms with van der Waals surface area (Å²) in [4.78, 5) is 11.6. The van der Waals surface area contributed by atoms with Gasteiger partial charge < -0.3 is 15.7 Å². The van der Waals surface area contributed by atoms with Crippen LogP contribution in [-0.2, 0) is 4.79 Å². The van der Waals surface area contributed by atoms with E-state index >= 15 is 0 Å². The summed E-state index contributed by atoms with van der Waals surface area (Å²) < 4.78 is 24.0. The average molecular weight is 236 g/mol. The van der Waals surface area contributed by atoms with Crippen LogP contribution in [-0.4, -0.2) is 42.7 Å². The zero-order valence-corrected chi connectivity index (χ0v) is 9.25. The van der Waals surface area contributed by atoms with Crippen molar-refractivity contribution in [3.8, 4) is 0 Å². The van der Waals surface area contributed by atoms with Crippen molar-refractivity contribution in [2.75, 3.05) is 13.1 Å². The molecule has 1 fully saturated rings. The molecular formula is C10H18F2N2O2. The van der Waals surface area contributed by atoms with Crippen LogP contribution in [0.1, 0.15) is 19.8 Å². The number of hydrogen-bond acceptors (Lipinski definition) is 3. The summed E-state index contributed by atoms with van der Waals surface area (Å²) in [6, 6.07) is -0.335. The maximum atomic E-state index is 12.0. The molecule has 1 aliphatic heterocycles. The Morgan fingerprint density at radius 3 is 2.88 bits per heavy atom. The Morgan fingerprint density at radius 2 is 2.31 bits per heavy atom. The third-order valence-corrected chi connectivity index (χ3v) is 2.83. The van der Waals surface area contributed by atoms with E-state index in [0.717, 1.165) is 19.4 Å². The van der Waals surface area contributed by atoms with Gasteiger partial charge in [0.1, 0.15) is 6.10 Å². The normalized spacial score (nSPS) is 27.8. The van der Waals surface area contributed by atoms with Gasteiger partial charge in [0, 0.05) is 6.54 Å². The number of hydrogen-bond donors (Lipinski definition) is 3. The number of aliphatic hydroxyl groups excluding tert-OH is 1. The van der Waals surface area contributed by atoms with Crippen LogP contribution in [0, 0.1) is 5.92 Å². The second-order valence-electron chi connectivity index (χ2n) is 4.20. The lowest BCUT2D eigenvalue weighted by Crippen LogP contribution is -2.52. The topological polar surface area (TPSA) is 61.4 Å². The first-order valence-electron chi connectivity index (χ1n) is 5.49. The van der Waals surface area contributed by atoms with Gasteiger partial charge in [0.05, 0.1) is 6.04 Å². The first kappa shape index (κ1) is 13.3. The summed E-state index contributed by atoms with van der Waals surface area (Å²) in [5.74, 6) is -0.121. The van der Waals surface area contributed by atoms with Crippen LogP contribution in [0.5, 0.6) is 0 Å². The van der Waals surface area contributed by atoms with Gasteiger partial charge in [-0.3, -0.25) is 4.79 Å². The van der Waals surface area contributed by atoms with E-state index in [1.807, 2.05) is 6.92 Å². The van der Waals surface area contributed by atoms with Gasteiger partial charge in [-0.2, -0.15) is 0 Å². The van der Waals surface area contributed by atoms with E-state index in [9.17, 15) is 13.6 Å². The lowest BCUT2D eigenvalue weighted by Gasteiger charge is -2.29. The molecule has 0 spiro atoms. The highest BCUT2D eigenvalue weighted by atomic mass is 19.3. The Labute approximate surface area is 93.4 Å². The smallest absolute Gasteiger partial charge is 0.265 e. The number of carbonyl (C=O) groups is 1. The molecule has 16 heavy (non-hydrogen) atoms. The summed E-state index contributed by atoms with van der Waals surface area (Å²) in [5, 5.41) is 14.2. The fourth-order valence-electron chi connectivity index (χ4n) is 1.80. The van der Waals surface area contributed by atoms with Gasteiger partial charge in [-0.1, -0.05) is 6.92 Å². The van der Waals surface area contributed by atoms with Gasteiger partial charge in [-0.25, -0.2) is 8.78 Å². The quantitative estimate of drug-likeness (QED) is 0.649. The number of carbonyl (C=O) groups excluding carboxylic acids is 1. The molecule has 3 unspecified atom stereocenters. The minimum Gasteiger partial charge on any atom is -0.385 e. The second kappa shape index (κ2) is 6.10. The van der Waals surface area contributed by atoms with Crippen LogP contribution in [0.4, 0.5) is 8.78 Å². The zero-order valence-electron chi connectivity index (χ0n) is 9.25. The van der Waals surface area contributed by atoms with Gasteiger partial charge in [0.25, 0.3) is 6.43 Å². The molecule has 1 rings (SSSR count). The third kappa shape index (κ3) is 3.68. The molecule has 0 aromatic rings. The molecule has 0 bridgehead atoms. The standard InChI is InChI=1S/C10H18F2N2O2/c1-6-3-2-4-13-8(6)10(16)14-5-7(15)9(11)12/h6-9,13,15H,2-5H2,1H3,(H,14,16). The number of alkyl halides is 2. The van der Waals surface area contributed by atoms with Crippen LogP contribution < -0.4 is 10.6 Å². The second-order valence-corrected chi connectivity index (χ2v) is 4.20. The molecule has 1 aliphatic rings. The van der Waals surface area contributed by atoms with E-state index in [4.69, 9.17) is 5.11 Å². The first-order chi connectivity index (χ1) is 7.52. The maximum Gasteiger partial charge on any atom is 0.265 e. The molecule has 0 aliphatic carbocycles. The van der Waals surface area contributed by atoms with Crippen LogP contribution in [0.3, 0.4) is 0 Å². The van der Waals surface area contributed by atoms with Gasteiger partial charge in [0.2, 0.25) is 5.91 Å². The Hall–Kier alpha value is -0.750. The lowest BCUT2D eigenvalue weighted by atomic mass is 9.92. The number of nitrogens with one attached hydrogen (secondary N) is 2. The number of aliphatic hydroxyl groups is 1. The van der Waals surface area contributed by atoms with Crippen molar-refractivity contribution < 1.29 is 18.7 Å². The molecule has 4 nitrogen and oxygen atoms in total. The lowest BCUT2D eigenvalue weighted by molar-refractivity contribution is -0.125. The number of rotatable bonds is 4. The molecule has 0 aromatic heterocycles. The summed E-state index contributed by atoms with van der Waals surface area (Å²) in [5.41, 5.74) is 0. The predicted octanol–water partition coefficient (Wildman–Crippen LogP) is 0.117. The van der Waals surface area contributed by atoms with Gasteiger partial charge in [-0.15, -0.1) is 0 Å². The third-order valence-electron chi connectivity index (χ3n) is 2.83. The van der Waals surface area contributed by atoms with E-state index in [1.54, 1.807) is 0 Å². The molecule has 6 heteroatoms. The Balaban J connectivity index is 2.33. The van der Waals surface area contributed by atoms with Crippen LogP contribution in [0.15, 0.2) is 0 Å². The monoisotopic (exact) mass is 236 g/mol. The van der Waals surface area contributed by atoms with Crippen molar-refractivity contribution in [1.82, 2.24) is 10.6 Å². The van der Waals surface area contributed by atoms with Crippen molar-refractivity contribution in [3.63, 3.8) is 0 Å². The molecule has 1 amide bonds. The van der Waals surface area contributed by atoms with Crippen LogP contribution in [0.2, 0.25) is 0 Å². The Bertz CT molecular complexity index is 239. The molecule has 0 saturated carbocycles. The molecule has 1 heterocycles. The molecule has 3 N–H and O–H groups in total. The Morgan fingerprint density at radius 1 is 1.62 bits per heavy atom. The fraction of sp³-hybridized carbons (Fsp3) is 0.900. The van der Waals surface area contributed by atoms with Gasteiger partial charge in [0.15, 0.2) is 0 Å². The largest absolute Gasteiger partial charge is 0.385 e. The van der Waals surface area contributed by atoms with Crippen molar-refractivity contribution >= 4 is 5.91 Å². The van der Waals surface area contributed by atoms with Crippen molar-refractivity contribution in [1.29, 1.82) is 0 Å². The van der Waals surface area contributed by atoms with E-state index in [2.05, 4.69) is 10.6 Å². The number of halogens is 2. The zero-order chi connectivity index (χ0) is 12.1. The molecule has 94 valence electrons. The minimum absolute atomic E-state index is 0.192. The summed E-state index contributed by atoms with van der Waals surface area (Å²) in [7, 11) is 0. The van der Waals surface area contributed by atoms with Crippen molar-refractivity contribution in [3.05, 3.63) is 0 Å². The van der Waals surface area contributed by atoms with Crippen LogP contribution in [0.25, 0.3) is 0 Å². The number of amides is 1. The highest BCUT2D eigenvalue weighted by molar-refractivity contribution is 5.82.